The van der Waals surface area contributed by atoms with Gasteiger partial charge in [0.1, 0.15) is 16.2 Å². The molecule has 1 unspecified atom stereocenters. The fourth-order valence-corrected chi connectivity index (χ4v) is 6.18. The van der Waals surface area contributed by atoms with Gasteiger partial charge < -0.3 is 5.32 Å². The molecule has 1 N–H and O–H groups in total. The first kappa shape index (κ1) is 22.2. The lowest BCUT2D eigenvalue weighted by atomic mass is 10.1. The Hall–Kier alpha value is -2.59. The van der Waals surface area contributed by atoms with Crippen molar-refractivity contribution in [2.75, 3.05) is 5.32 Å². The highest BCUT2D eigenvalue weighted by molar-refractivity contribution is 9.10. The molecule has 0 bridgehead atoms. The third-order valence-corrected chi connectivity index (χ3v) is 8.23. The van der Waals surface area contributed by atoms with E-state index < -0.39 is 0 Å². The van der Waals surface area contributed by atoms with E-state index >= 15 is 0 Å². The molecule has 164 valence electrons. The molecule has 5 nitrogen and oxygen atoms in total. The van der Waals surface area contributed by atoms with Gasteiger partial charge in [0.2, 0.25) is 5.91 Å². The van der Waals surface area contributed by atoms with Gasteiger partial charge in [-0.05, 0) is 24.6 Å². The molecule has 0 aliphatic rings. The number of nitrogens with one attached hydrogen (secondary N) is 1. The van der Waals surface area contributed by atoms with Crippen LogP contribution >= 0.6 is 50.4 Å². The fourth-order valence-electron chi connectivity index (χ4n) is 3.28. The summed E-state index contributed by atoms with van der Waals surface area (Å²) in [5, 5.41) is 9.00. The number of rotatable bonds is 6. The van der Waals surface area contributed by atoms with Crippen LogP contribution in [-0.4, -0.2) is 26.1 Å². The maximum atomic E-state index is 12.9. The number of nitrogens with zero attached hydrogens (tertiary/aromatic N) is 3. The number of aromatic nitrogens is 3. The Morgan fingerprint density at radius 3 is 2.58 bits per heavy atom. The number of fused-ring (bicyclic) bond motifs is 1. The van der Waals surface area contributed by atoms with Crippen LogP contribution in [0.25, 0.3) is 32.6 Å². The molecule has 9 heteroatoms. The summed E-state index contributed by atoms with van der Waals surface area (Å²) in [5.41, 5.74) is 4.05. The van der Waals surface area contributed by atoms with Crippen molar-refractivity contribution >= 4 is 71.6 Å². The van der Waals surface area contributed by atoms with E-state index in [0.29, 0.717) is 5.13 Å². The maximum Gasteiger partial charge on any atom is 0.239 e. The lowest BCUT2D eigenvalue weighted by molar-refractivity contribution is -0.115. The zero-order valence-electron chi connectivity index (χ0n) is 17.4. The number of thioether (sulfide) groups is 1. The van der Waals surface area contributed by atoms with E-state index in [1.165, 1.54) is 23.1 Å². The summed E-state index contributed by atoms with van der Waals surface area (Å²) in [6.45, 7) is 1.88. The van der Waals surface area contributed by atoms with Gasteiger partial charge in [-0.3, -0.25) is 4.79 Å². The predicted octanol–water partition coefficient (Wildman–Crippen LogP) is 7.36. The first-order valence-corrected chi connectivity index (χ1v) is 13.5. The van der Waals surface area contributed by atoms with Gasteiger partial charge in [0.05, 0.1) is 16.3 Å². The second kappa shape index (κ2) is 9.72. The molecule has 1 amide bonds. The minimum Gasteiger partial charge on any atom is -0.301 e. The average molecular weight is 554 g/mol. The van der Waals surface area contributed by atoms with E-state index in [-0.39, 0.29) is 11.2 Å². The minimum atomic E-state index is -0.357. The number of amides is 1. The van der Waals surface area contributed by atoms with Crippen LogP contribution in [0, 0.1) is 0 Å². The molecule has 2 aromatic carbocycles. The van der Waals surface area contributed by atoms with Crippen molar-refractivity contribution in [2.45, 2.75) is 17.2 Å². The molecule has 0 fully saturated rings. The summed E-state index contributed by atoms with van der Waals surface area (Å²) in [6.07, 6.45) is 1.56. The van der Waals surface area contributed by atoms with Gasteiger partial charge in [0.25, 0.3) is 0 Å². The highest BCUT2D eigenvalue weighted by Crippen LogP contribution is 2.39. The van der Waals surface area contributed by atoms with Crippen LogP contribution in [0.15, 0.2) is 81.2 Å². The van der Waals surface area contributed by atoms with Crippen molar-refractivity contribution in [3.8, 4) is 22.4 Å². The summed E-state index contributed by atoms with van der Waals surface area (Å²) in [5.74, 6) is -0.110. The average Bonchev–Trinajstić information content (AvgIpc) is 3.48. The summed E-state index contributed by atoms with van der Waals surface area (Å²) in [7, 11) is 0. The second-order valence-corrected chi connectivity index (χ2v) is 11.1. The van der Waals surface area contributed by atoms with E-state index in [4.69, 9.17) is 0 Å². The van der Waals surface area contributed by atoms with Crippen LogP contribution in [0.2, 0.25) is 0 Å². The van der Waals surface area contributed by atoms with Gasteiger partial charge in [0, 0.05) is 26.4 Å². The molecule has 5 rings (SSSR count). The first-order chi connectivity index (χ1) is 16.1. The van der Waals surface area contributed by atoms with E-state index in [1.54, 1.807) is 17.7 Å². The van der Waals surface area contributed by atoms with E-state index in [9.17, 15) is 4.79 Å². The molecule has 0 aliphatic heterocycles. The Kier molecular flexibility index (Phi) is 6.55. The van der Waals surface area contributed by atoms with Crippen molar-refractivity contribution in [1.82, 2.24) is 15.0 Å². The zero-order chi connectivity index (χ0) is 22.8. The highest BCUT2D eigenvalue weighted by Gasteiger charge is 2.21. The van der Waals surface area contributed by atoms with Gasteiger partial charge in [-0.25, -0.2) is 15.0 Å². The Morgan fingerprint density at radius 1 is 1.00 bits per heavy atom. The van der Waals surface area contributed by atoms with Crippen LogP contribution in [0.4, 0.5) is 5.13 Å². The molecule has 3 heterocycles. The molecule has 0 aliphatic carbocycles. The zero-order valence-corrected chi connectivity index (χ0v) is 21.4. The maximum absolute atomic E-state index is 12.9. The molecule has 1 atom stereocenters. The molecule has 0 spiro atoms. The number of carbonyl (C=O) groups is 1. The molecule has 0 radical (unpaired) electrons. The number of thiophene rings is 1. The van der Waals surface area contributed by atoms with Gasteiger partial charge in [-0.2, -0.15) is 0 Å². The minimum absolute atomic E-state index is 0.110. The number of hydrogen-bond acceptors (Lipinski definition) is 7. The molecule has 33 heavy (non-hydrogen) atoms. The SMILES string of the molecule is CC(Sc1ncnc2scc(-c3ccc(Br)cc3)c12)C(=O)Nc1nc(-c2ccccc2)cs1. The molecule has 0 saturated heterocycles. The topological polar surface area (TPSA) is 67.8 Å². The smallest absolute Gasteiger partial charge is 0.239 e. The molecule has 0 saturated carbocycles. The predicted molar refractivity (Wildman–Crippen MR) is 142 cm³/mol. The highest BCUT2D eigenvalue weighted by atomic mass is 79.9. The summed E-state index contributed by atoms with van der Waals surface area (Å²) < 4.78 is 1.03. The van der Waals surface area contributed by atoms with E-state index in [1.807, 2.05) is 54.8 Å². The van der Waals surface area contributed by atoms with Crippen molar-refractivity contribution in [3.63, 3.8) is 0 Å². The number of halogens is 1. The van der Waals surface area contributed by atoms with Crippen molar-refractivity contribution < 1.29 is 4.79 Å². The Morgan fingerprint density at radius 2 is 1.79 bits per heavy atom. The normalized spacial score (nSPS) is 12.1. The number of anilines is 1. The van der Waals surface area contributed by atoms with Gasteiger partial charge >= 0.3 is 0 Å². The van der Waals surface area contributed by atoms with E-state index in [2.05, 4.69) is 53.7 Å². The van der Waals surface area contributed by atoms with Crippen molar-refractivity contribution in [1.29, 1.82) is 0 Å². The largest absolute Gasteiger partial charge is 0.301 e. The number of carbonyl (C=O) groups excluding carboxylic acids is 1. The molecule has 5 aromatic rings. The Balaban J connectivity index is 1.35. The third kappa shape index (κ3) is 4.86. The molecular formula is C24H17BrN4OS3. The Bertz CT molecular complexity index is 1420. The summed E-state index contributed by atoms with van der Waals surface area (Å²) >= 11 is 7.92. The number of benzene rings is 2. The van der Waals surface area contributed by atoms with Gasteiger partial charge in [0.15, 0.2) is 5.13 Å². The Labute approximate surface area is 211 Å². The second-order valence-electron chi connectivity index (χ2n) is 7.17. The quantitative estimate of drug-likeness (QED) is 0.176. The summed E-state index contributed by atoms with van der Waals surface area (Å²) in [6, 6.07) is 18.1. The first-order valence-electron chi connectivity index (χ1n) is 10.0. The number of hydrogen-bond donors (Lipinski definition) is 1. The molecular weight excluding hydrogens is 536 g/mol. The van der Waals surface area contributed by atoms with Gasteiger partial charge in [-0.15, -0.1) is 22.7 Å². The van der Waals surface area contributed by atoms with Crippen molar-refractivity contribution in [3.05, 3.63) is 76.2 Å². The van der Waals surface area contributed by atoms with E-state index in [0.717, 1.165) is 42.1 Å². The lowest BCUT2D eigenvalue weighted by Crippen LogP contribution is -2.22. The van der Waals surface area contributed by atoms with Crippen LogP contribution in [0.1, 0.15) is 6.92 Å². The third-order valence-electron chi connectivity index (χ3n) is 4.95. The standard InChI is InChI=1S/C24H17BrN4OS3/c1-14(21(30)29-24-28-19(12-32-24)16-5-3-2-4-6-16)33-23-20-18(11-31-22(20)26-13-27-23)15-7-9-17(25)10-8-15/h2-14H,1H3,(H,28,29,30). The number of thiazole rings is 1. The monoisotopic (exact) mass is 552 g/mol. The van der Waals surface area contributed by atoms with Crippen molar-refractivity contribution in [2.24, 2.45) is 0 Å². The summed E-state index contributed by atoms with van der Waals surface area (Å²) in [4.78, 5) is 27.3. The fraction of sp³-hybridized carbons (Fsp3) is 0.0833. The van der Waals surface area contributed by atoms with Crippen LogP contribution in [0.5, 0.6) is 0 Å². The van der Waals surface area contributed by atoms with Crippen LogP contribution in [0.3, 0.4) is 0 Å². The van der Waals surface area contributed by atoms with Crippen LogP contribution < -0.4 is 5.32 Å². The molecule has 3 aromatic heterocycles. The van der Waals surface area contributed by atoms with Gasteiger partial charge in [-0.1, -0.05) is 70.2 Å². The lowest BCUT2D eigenvalue weighted by Gasteiger charge is -2.11. The van der Waals surface area contributed by atoms with Crippen LogP contribution in [-0.2, 0) is 4.79 Å².